The van der Waals surface area contributed by atoms with Crippen LogP contribution in [0.25, 0.3) is 0 Å². The van der Waals surface area contributed by atoms with Crippen molar-refractivity contribution in [2.45, 2.75) is 56.1 Å². The average molecular weight is 351 g/mol. The Morgan fingerprint density at radius 2 is 1.88 bits per heavy atom. The van der Waals surface area contributed by atoms with E-state index in [1.807, 2.05) is 4.90 Å². The van der Waals surface area contributed by atoms with Gasteiger partial charge in [0.1, 0.15) is 0 Å². The lowest BCUT2D eigenvalue weighted by atomic mass is 9.73. The summed E-state index contributed by atoms with van der Waals surface area (Å²) in [6, 6.07) is 8.58. The van der Waals surface area contributed by atoms with Gasteiger partial charge < -0.3 is 15.7 Å². The van der Waals surface area contributed by atoms with E-state index in [1.54, 1.807) is 0 Å². The molecule has 1 aromatic rings. The molecular weight excluding hydrogens is 324 g/mol. The summed E-state index contributed by atoms with van der Waals surface area (Å²) in [5.74, 6) is 0.128. The van der Waals surface area contributed by atoms with Gasteiger partial charge in [-0.25, -0.2) is 0 Å². The Morgan fingerprint density at radius 1 is 1.17 bits per heavy atom. The highest BCUT2D eigenvalue weighted by Crippen LogP contribution is 2.46. The van der Waals surface area contributed by atoms with E-state index in [4.69, 9.17) is 5.73 Å². The van der Waals surface area contributed by atoms with Gasteiger partial charge in [-0.1, -0.05) is 24.3 Å². The standard InChI is InChI=1S/C19H26N2O2.ClH/c20-16-11-14(12-17(16)22)18(23)21-9-7-19(8-10-21)6-5-13-3-1-2-4-15(13)19;/h1-4,14,16-17,22H,5-12,20H2;1H/t14-,16-,17-;/m0./s1. The van der Waals surface area contributed by atoms with Gasteiger partial charge in [0.25, 0.3) is 0 Å². The molecule has 3 atom stereocenters. The number of aryl methyl sites for hydroxylation is 1. The second kappa shape index (κ2) is 6.66. The molecule has 4 nitrogen and oxygen atoms in total. The van der Waals surface area contributed by atoms with Crippen molar-refractivity contribution >= 4 is 18.3 Å². The molecule has 0 unspecified atom stereocenters. The summed E-state index contributed by atoms with van der Waals surface area (Å²) in [7, 11) is 0. The molecule has 3 aliphatic rings. The third kappa shape index (κ3) is 2.85. The molecule has 3 N–H and O–H groups in total. The smallest absolute Gasteiger partial charge is 0.225 e. The first-order valence-corrected chi connectivity index (χ1v) is 8.90. The summed E-state index contributed by atoms with van der Waals surface area (Å²) >= 11 is 0. The molecule has 0 bridgehead atoms. The summed E-state index contributed by atoms with van der Waals surface area (Å²) in [6.45, 7) is 1.68. The molecule has 1 aliphatic heterocycles. The minimum absolute atomic E-state index is 0. The lowest BCUT2D eigenvalue weighted by Crippen LogP contribution is -2.46. The van der Waals surface area contributed by atoms with Crippen LogP contribution in [0.5, 0.6) is 0 Å². The molecule has 1 saturated heterocycles. The molecule has 0 aromatic heterocycles. The first-order valence-electron chi connectivity index (χ1n) is 8.90. The summed E-state index contributed by atoms with van der Waals surface area (Å²) in [6.07, 6.45) is 5.18. The zero-order valence-electron chi connectivity index (χ0n) is 14.0. The molecule has 24 heavy (non-hydrogen) atoms. The Labute approximate surface area is 149 Å². The molecule has 1 saturated carbocycles. The number of hydrogen-bond donors (Lipinski definition) is 2. The molecule has 2 aliphatic carbocycles. The Hall–Kier alpha value is -1.10. The molecule has 5 heteroatoms. The number of piperidine rings is 1. The fourth-order valence-corrected chi connectivity index (χ4v) is 4.95. The van der Waals surface area contributed by atoms with Gasteiger partial charge in [0.05, 0.1) is 6.10 Å². The maximum Gasteiger partial charge on any atom is 0.225 e. The van der Waals surface area contributed by atoms with Gasteiger partial charge in [0.15, 0.2) is 0 Å². The topological polar surface area (TPSA) is 66.6 Å². The van der Waals surface area contributed by atoms with Gasteiger partial charge in [0.2, 0.25) is 5.91 Å². The van der Waals surface area contributed by atoms with E-state index in [-0.39, 0.29) is 30.3 Å². The van der Waals surface area contributed by atoms with Gasteiger partial charge in [-0.2, -0.15) is 0 Å². The third-order valence-corrected chi connectivity index (χ3v) is 6.42. The SMILES string of the molecule is Cl.N[C@H]1C[C@H](C(=O)N2CCC3(CCc4ccccc43)CC2)C[C@@H]1O. The predicted octanol–water partition coefficient (Wildman–Crippen LogP) is 2.01. The zero-order chi connectivity index (χ0) is 16.0. The maximum absolute atomic E-state index is 12.7. The van der Waals surface area contributed by atoms with E-state index in [0.717, 1.165) is 25.9 Å². The minimum Gasteiger partial charge on any atom is -0.391 e. The third-order valence-electron chi connectivity index (χ3n) is 6.42. The highest BCUT2D eigenvalue weighted by atomic mass is 35.5. The number of hydrogen-bond acceptors (Lipinski definition) is 3. The van der Waals surface area contributed by atoms with Crippen LogP contribution in [0.2, 0.25) is 0 Å². The largest absolute Gasteiger partial charge is 0.391 e. The number of halogens is 1. The molecule has 0 radical (unpaired) electrons. The predicted molar refractivity (Wildman–Crippen MR) is 96.2 cm³/mol. The number of rotatable bonds is 1. The van der Waals surface area contributed by atoms with Crippen LogP contribution in [-0.2, 0) is 16.6 Å². The van der Waals surface area contributed by atoms with Gasteiger partial charge in [-0.15, -0.1) is 12.4 Å². The number of nitrogens with zero attached hydrogens (tertiary/aromatic N) is 1. The van der Waals surface area contributed by atoms with Crippen molar-refractivity contribution in [2.75, 3.05) is 13.1 Å². The number of aliphatic hydroxyl groups is 1. The zero-order valence-corrected chi connectivity index (χ0v) is 14.8. The first kappa shape index (κ1) is 17.7. The van der Waals surface area contributed by atoms with Crippen LogP contribution in [0, 0.1) is 5.92 Å². The van der Waals surface area contributed by atoms with E-state index in [1.165, 1.54) is 24.0 Å². The van der Waals surface area contributed by atoms with Crippen LogP contribution >= 0.6 is 12.4 Å². The van der Waals surface area contributed by atoms with Gasteiger partial charge in [0, 0.05) is 25.0 Å². The fraction of sp³-hybridized carbons (Fsp3) is 0.632. The maximum atomic E-state index is 12.7. The minimum atomic E-state index is -0.512. The molecule has 132 valence electrons. The monoisotopic (exact) mass is 350 g/mol. The lowest BCUT2D eigenvalue weighted by Gasteiger charge is -2.41. The number of aliphatic hydroxyl groups excluding tert-OH is 1. The summed E-state index contributed by atoms with van der Waals surface area (Å²) in [4.78, 5) is 14.7. The summed E-state index contributed by atoms with van der Waals surface area (Å²) in [5.41, 5.74) is 9.17. The van der Waals surface area contributed by atoms with Crippen LogP contribution in [0.15, 0.2) is 24.3 Å². The number of carbonyl (C=O) groups excluding carboxylic acids is 1. The Bertz CT molecular complexity index is 603. The molecule has 1 aromatic carbocycles. The molecule has 1 heterocycles. The van der Waals surface area contributed by atoms with E-state index >= 15 is 0 Å². The van der Waals surface area contributed by atoms with E-state index in [9.17, 15) is 9.90 Å². The van der Waals surface area contributed by atoms with Crippen molar-refractivity contribution < 1.29 is 9.90 Å². The van der Waals surface area contributed by atoms with Gasteiger partial charge in [-0.3, -0.25) is 4.79 Å². The summed E-state index contributed by atoms with van der Waals surface area (Å²) < 4.78 is 0. The van der Waals surface area contributed by atoms with Gasteiger partial charge >= 0.3 is 0 Å². The van der Waals surface area contributed by atoms with E-state index in [0.29, 0.717) is 18.3 Å². The average Bonchev–Trinajstić information content (AvgIpc) is 3.10. The van der Waals surface area contributed by atoms with Crippen molar-refractivity contribution in [1.82, 2.24) is 4.90 Å². The van der Waals surface area contributed by atoms with Crippen molar-refractivity contribution in [3.05, 3.63) is 35.4 Å². The van der Waals surface area contributed by atoms with Crippen molar-refractivity contribution in [3.63, 3.8) is 0 Å². The van der Waals surface area contributed by atoms with Crippen molar-refractivity contribution in [3.8, 4) is 0 Å². The molecular formula is C19H27ClN2O2. The van der Waals surface area contributed by atoms with Crippen LogP contribution in [0.1, 0.15) is 43.2 Å². The van der Waals surface area contributed by atoms with Crippen molar-refractivity contribution in [1.29, 1.82) is 0 Å². The number of likely N-dealkylation sites (tertiary alicyclic amines) is 1. The van der Waals surface area contributed by atoms with E-state index < -0.39 is 6.10 Å². The van der Waals surface area contributed by atoms with Crippen LogP contribution in [0.3, 0.4) is 0 Å². The highest BCUT2D eigenvalue weighted by Gasteiger charge is 2.43. The normalized spacial score (nSPS) is 30.9. The number of amides is 1. The Kier molecular flexibility index (Phi) is 4.92. The van der Waals surface area contributed by atoms with Crippen LogP contribution in [-0.4, -0.2) is 41.1 Å². The second-order valence-corrected chi connectivity index (χ2v) is 7.66. The van der Waals surface area contributed by atoms with Crippen molar-refractivity contribution in [2.24, 2.45) is 11.7 Å². The fourth-order valence-electron chi connectivity index (χ4n) is 4.95. The first-order chi connectivity index (χ1) is 11.1. The molecule has 4 rings (SSSR count). The molecule has 1 spiro atoms. The van der Waals surface area contributed by atoms with Crippen LogP contribution in [0.4, 0.5) is 0 Å². The summed E-state index contributed by atoms with van der Waals surface area (Å²) in [5, 5.41) is 9.80. The number of carbonyl (C=O) groups is 1. The van der Waals surface area contributed by atoms with E-state index in [2.05, 4.69) is 24.3 Å². The number of benzene rings is 1. The second-order valence-electron chi connectivity index (χ2n) is 7.66. The lowest BCUT2D eigenvalue weighted by molar-refractivity contribution is -0.137. The van der Waals surface area contributed by atoms with Gasteiger partial charge in [-0.05, 0) is 55.1 Å². The molecule has 2 fully saturated rings. The quantitative estimate of drug-likeness (QED) is 0.814. The highest BCUT2D eigenvalue weighted by molar-refractivity contribution is 5.85. The Balaban J connectivity index is 0.00000169. The number of nitrogens with two attached hydrogens (primary N) is 1. The molecule has 1 amide bonds. The van der Waals surface area contributed by atoms with Crippen LogP contribution < -0.4 is 5.73 Å². The Morgan fingerprint density at radius 3 is 2.54 bits per heavy atom. The number of fused-ring (bicyclic) bond motifs is 2.